The van der Waals surface area contributed by atoms with E-state index in [-0.39, 0.29) is 21.1 Å². The van der Waals surface area contributed by atoms with Gasteiger partial charge in [0.05, 0.1) is 0 Å². The minimum atomic E-state index is 0.149. The molecule has 0 unspecified atom stereocenters. The van der Waals surface area contributed by atoms with Gasteiger partial charge in [0.15, 0.2) is 0 Å². The number of rotatable bonds is 8. The van der Waals surface area contributed by atoms with Gasteiger partial charge in [0.2, 0.25) is 0 Å². The standard InChI is InChI=1S/2C7H7NS2.2C4H9.Sn/c2*9-7(10)8-6-4-2-1-3-5-6;2*1-3-4-2;/h2*1-5H,(H2,8,9,10);2*1,3-4H2,2H3;/q;;;;+2/p-2. The van der Waals surface area contributed by atoms with Crippen LogP contribution in [0.2, 0.25) is 8.87 Å². The van der Waals surface area contributed by atoms with Gasteiger partial charge in [-0.25, -0.2) is 0 Å². The average molecular weight is 569 g/mol. The number of anilines is 2. The van der Waals surface area contributed by atoms with Crippen LogP contribution in [-0.2, 0) is 25.3 Å². The van der Waals surface area contributed by atoms with Crippen LogP contribution < -0.4 is 10.6 Å². The van der Waals surface area contributed by atoms with E-state index in [9.17, 15) is 0 Å². The van der Waals surface area contributed by atoms with Gasteiger partial charge in [-0.05, 0) is 24.3 Å². The topological polar surface area (TPSA) is 24.1 Å². The number of benzene rings is 2. The number of nitrogens with one attached hydrogen (secondary N) is 2. The largest absolute Gasteiger partial charge is 0.411 e. The molecule has 0 saturated carbocycles. The summed E-state index contributed by atoms with van der Waals surface area (Å²) < 4.78 is 4.01. The number of hydrogen-bond acceptors (Lipinski definition) is 4. The maximum Gasteiger partial charge on any atom is 0.0371 e. The van der Waals surface area contributed by atoms with Crippen molar-refractivity contribution in [3.63, 3.8) is 0 Å². The first kappa shape index (κ1) is 28.5. The van der Waals surface area contributed by atoms with Crippen molar-refractivity contribution in [1.29, 1.82) is 0 Å². The summed E-state index contributed by atoms with van der Waals surface area (Å²) in [5.74, 6) is 0. The van der Waals surface area contributed by atoms with Crippen molar-refractivity contribution in [2.75, 3.05) is 10.6 Å². The van der Waals surface area contributed by atoms with Crippen LogP contribution >= 0.6 is 24.4 Å². The molecule has 2 nitrogen and oxygen atoms in total. The van der Waals surface area contributed by atoms with E-state index in [1.807, 2.05) is 60.7 Å². The van der Waals surface area contributed by atoms with Gasteiger partial charge in [-0.2, -0.15) is 0 Å². The third-order valence-corrected chi connectivity index (χ3v) is 7.90. The Kier molecular flexibility index (Phi) is 20.3. The van der Waals surface area contributed by atoms with Gasteiger partial charge in [0.1, 0.15) is 0 Å². The third kappa shape index (κ3) is 20.5. The molecule has 0 aromatic heterocycles. The summed E-state index contributed by atoms with van der Waals surface area (Å²) in [6, 6.07) is 19.3. The second kappa shape index (κ2) is 20.7. The van der Waals surface area contributed by atoms with Crippen molar-refractivity contribution in [1.82, 2.24) is 0 Å². The smallest absolute Gasteiger partial charge is 0.0371 e. The minimum Gasteiger partial charge on any atom is -0.411 e. The summed E-state index contributed by atoms with van der Waals surface area (Å²) in [7, 11) is 0. The van der Waals surface area contributed by atoms with E-state index in [2.05, 4.69) is 74.2 Å². The van der Waals surface area contributed by atoms with Gasteiger partial charge >= 0.3 is 69.5 Å². The molecule has 0 aliphatic heterocycles. The zero-order valence-electron chi connectivity index (χ0n) is 17.1. The summed E-state index contributed by atoms with van der Waals surface area (Å²) in [4.78, 5) is 0. The fraction of sp³-hybridized carbons (Fsp3) is 0.364. The van der Waals surface area contributed by atoms with E-state index >= 15 is 0 Å². The molecule has 0 bridgehead atoms. The molecule has 0 aliphatic rings. The van der Waals surface area contributed by atoms with Gasteiger partial charge in [0.25, 0.3) is 0 Å². The molecule has 7 heteroatoms. The van der Waals surface area contributed by atoms with Crippen LogP contribution in [0, 0.1) is 0 Å². The van der Waals surface area contributed by atoms with Crippen LogP contribution in [0.5, 0.6) is 0 Å². The molecular formula is C22H30N2S4Sn. The van der Waals surface area contributed by atoms with Gasteiger partial charge in [-0.3, -0.25) is 0 Å². The van der Waals surface area contributed by atoms with Crippen molar-refractivity contribution >= 4 is 90.9 Å². The van der Waals surface area contributed by atoms with Crippen LogP contribution in [-0.4, -0.2) is 29.8 Å². The molecular weight excluding hydrogens is 539 g/mol. The van der Waals surface area contributed by atoms with E-state index in [1.54, 1.807) is 8.87 Å². The molecule has 29 heavy (non-hydrogen) atoms. The predicted octanol–water partition coefficient (Wildman–Crippen LogP) is 6.99. The van der Waals surface area contributed by atoms with Crippen LogP contribution in [0.3, 0.4) is 0 Å². The number of para-hydroxylation sites is 2. The third-order valence-electron chi connectivity index (χ3n) is 3.45. The summed E-state index contributed by atoms with van der Waals surface area (Å²) in [6.45, 7) is 4.58. The maximum absolute atomic E-state index is 4.68. The fourth-order valence-electron chi connectivity index (χ4n) is 2.01. The molecule has 2 N–H and O–H groups in total. The Hall–Kier alpha value is -0.541. The number of unbranched alkanes of at least 4 members (excludes halogenated alkanes) is 2. The predicted molar refractivity (Wildman–Crippen MR) is 145 cm³/mol. The Morgan fingerprint density at radius 1 is 0.724 bits per heavy atom. The fourth-order valence-corrected chi connectivity index (χ4v) is 6.64. The summed E-state index contributed by atoms with van der Waals surface area (Å²) >= 11 is 18.9. The Balaban J connectivity index is 0.000000407. The van der Waals surface area contributed by atoms with Gasteiger partial charge in [-0.1, -0.05) is 45.0 Å². The maximum atomic E-state index is 4.68. The molecule has 0 aliphatic carbocycles. The zero-order valence-corrected chi connectivity index (χ0v) is 23.3. The molecule has 2 aromatic carbocycles. The van der Waals surface area contributed by atoms with Crippen LogP contribution in [0.15, 0.2) is 60.7 Å². The summed E-state index contributed by atoms with van der Waals surface area (Å²) in [5, 5.41) is 5.70. The number of hydrogen-bond donors (Lipinski definition) is 2. The molecule has 0 amide bonds. The Labute approximate surface area is 209 Å². The second-order valence-corrected chi connectivity index (χ2v) is 12.4. The summed E-state index contributed by atoms with van der Waals surface area (Å²) in [6.07, 6.45) is 5.84. The van der Waals surface area contributed by atoms with E-state index in [4.69, 9.17) is 0 Å². The molecule has 2 rings (SSSR count). The number of thiocarbonyl (C=S) groups is 2. The molecule has 2 aromatic rings. The molecule has 0 radical (unpaired) electrons. The zero-order chi connectivity index (χ0) is 21.7. The van der Waals surface area contributed by atoms with E-state index in [1.165, 1.54) is 25.7 Å². The molecule has 0 heterocycles. The van der Waals surface area contributed by atoms with Crippen LogP contribution in [0.25, 0.3) is 0 Å². The summed E-state index contributed by atoms with van der Waals surface area (Å²) in [5.41, 5.74) is 1.89. The van der Waals surface area contributed by atoms with Gasteiger partial charge < -0.3 is 60.3 Å². The molecule has 0 fully saturated rings. The van der Waals surface area contributed by atoms with Gasteiger partial charge in [0, 0.05) is 11.4 Å². The first-order valence-corrected chi connectivity index (χ1v) is 15.4. The monoisotopic (exact) mass is 570 g/mol. The van der Waals surface area contributed by atoms with Crippen molar-refractivity contribution in [2.24, 2.45) is 0 Å². The van der Waals surface area contributed by atoms with Crippen LogP contribution in [0.4, 0.5) is 11.4 Å². The first-order chi connectivity index (χ1) is 14.0. The van der Waals surface area contributed by atoms with E-state index in [0.29, 0.717) is 8.64 Å². The van der Waals surface area contributed by atoms with Gasteiger partial charge in [-0.15, -0.1) is 0 Å². The first-order valence-electron chi connectivity index (χ1n) is 9.76. The molecule has 156 valence electrons. The van der Waals surface area contributed by atoms with Crippen molar-refractivity contribution < 1.29 is 0 Å². The van der Waals surface area contributed by atoms with E-state index in [0.717, 1.165) is 11.4 Å². The average Bonchev–Trinajstić information content (AvgIpc) is 2.70. The van der Waals surface area contributed by atoms with E-state index < -0.39 is 0 Å². The molecule has 0 spiro atoms. The SMILES string of the molecule is CCC[CH2][Sn+2][CH2]CCC.S=C([S-])Nc1ccccc1.S=C([S-])Nc1ccccc1. The molecule has 0 saturated heterocycles. The second-order valence-electron chi connectivity index (χ2n) is 6.01. The molecule has 0 atom stereocenters. The quantitative estimate of drug-likeness (QED) is 0.154. The van der Waals surface area contributed by atoms with Crippen LogP contribution in [0.1, 0.15) is 39.5 Å². The van der Waals surface area contributed by atoms with Crippen molar-refractivity contribution in [3.05, 3.63) is 60.7 Å². The van der Waals surface area contributed by atoms with Crippen molar-refractivity contribution in [3.8, 4) is 0 Å². The Bertz CT molecular complexity index is 597. The Morgan fingerprint density at radius 3 is 1.34 bits per heavy atom. The normalized spacial score (nSPS) is 8.90. The van der Waals surface area contributed by atoms with Crippen molar-refractivity contribution in [2.45, 2.75) is 48.4 Å². The minimum absolute atomic E-state index is 0.149. The Morgan fingerprint density at radius 2 is 1.07 bits per heavy atom.